The third kappa shape index (κ3) is 4.22. The molecule has 0 saturated carbocycles. The van der Waals surface area contributed by atoms with Gasteiger partial charge in [-0.25, -0.2) is 0 Å². The molecule has 4 aromatic rings. The lowest BCUT2D eigenvalue weighted by Gasteiger charge is -2.34. The molecule has 0 bridgehead atoms. The average Bonchev–Trinajstić information content (AvgIpc) is 3.58. The van der Waals surface area contributed by atoms with Gasteiger partial charge in [0.25, 0.3) is 0 Å². The second kappa shape index (κ2) is 10.4. The molecule has 1 aliphatic heterocycles. The van der Waals surface area contributed by atoms with Gasteiger partial charge in [0, 0.05) is 39.1 Å². The van der Waals surface area contributed by atoms with Crippen LogP contribution in [0.4, 0.5) is 11.4 Å². The van der Waals surface area contributed by atoms with E-state index in [0.29, 0.717) is 23.0 Å². The van der Waals surface area contributed by atoms with Crippen molar-refractivity contribution in [1.82, 2.24) is 0 Å². The van der Waals surface area contributed by atoms with E-state index in [9.17, 15) is 0 Å². The molecule has 0 amide bonds. The summed E-state index contributed by atoms with van der Waals surface area (Å²) in [4.78, 5) is 3.96. The molecule has 1 heterocycles. The van der Waals surface area contributed by atoms with Gasteiger partial charge >= 0.3 is 0 Å². The van der Waals surface area contributed by atoms with Crippen LogP contribution in [0.25, 0.3) is 16.3 Å². The largest absolute Gasteiger partial charge is 0.311 e. The number of allylic oxidation sites excluding steroid dienone is 9. The predicted molar refractivity (Wildman–Crippen MR) is 193 cm³/mol. The first-order chi connectivity index (χ1) is 22.1. The Kier molecular flexibility index (Phi) is 6.25. The van der Waals surface area contributed by atoms with Gasteiger partial charge in [0.05, 0.1) is 0 Å². The maximum absolute atomic E-state index is 2.55. The van der Waals surface area contributed by atoms with E-state index in [-0.39, 0.29) is 5.41 Å². The van der Waals surface area contributed by atoms with Gasteiger partial charge in [0.2, 0.25) is 0 Å². The van der Waals surface area contributed by atoms with Crippen LogP contribution in [0.15, 0.2) is 156 Å². The van der Waals surface area contributed by atoms with Gasteiger partial charge in [0.1, 0.15) is 0 Å². The van der Waals surface area contributed by atoms with Crippen LogP contribution in [0, 0.1) is 11.8 Å². The minimum Gasteiger partial charge on any atom is -0.311 e. The summed E-state index contributed by atoms with van der Waals surface area (Å²) >= 11 is 2.06. The molecule has 5 aliphatic rings. The fourth-order valence-corrected chi connectivity index (χ4v) is 10.1. The maximum atomic E-state index is 2.55. The van der Waals surface area contributed by atoms with Crippen LogP contribution < -0.4 is 4.90 Å². The van der Waals surface area contributed by atoms with Crippen molar-refractivity contribution in [3.63, 3.8) is 0 Å². The van der Waals surface area contributed by atoms with Gasteiger partial charge in [-0.1, -0.05) is 123 Å². The first-order valence-corrected chi connectivity index (χ1v) is 17.3. The van der Waals surface area contributed by atoms with Gasteiger partial charge in [0.15, 0.2) is 0 Å². The number of hydrogen-bond acceptors (Lipinski definition) is 2. The Morgan fingerprint density at radius 3 is 2.40 bits per heavy atom. The second-order valence-electron chi connectivity index (χ2n) is 13.6. The summed E-state index contributed by atoms with van der Waals surface area (Å²) < 4.78 is 0. The van der Waals surface area contributed by atoms with Gasteiger partial charge in [-0.15, -0.1) is 11.8 Å². The highest BCUT2D eigenvalue weighted by molar-refractivity contribution is 8.04. The first kappa shape index (κ1) is 27.1. The zero-order chi connectivity index (χ0) is 30.1. The topological polar surface area (TPSA) is 3.24 Å². The highest BCUT2D eigenvalue weighted by Crippen LogP contribution is 2.56. The van der Waals surface area contributed by atoms with Crippen LogP contribution in [0.2, 0.25) is 0 Å². The van der Waals surface area contributed by atoms with Crippen molar-refractivity contribution >= 4 is 39.5 Å². The molecule has 4 aromatic carbocycles. The van der Waals surface area contributed by atoms with E-state index in [2.05, 4.69) is 170 Å². The average molecular weight is 600 g/mol. The molecule has 4 aliphatic carbocycles. The molecule has 0 fully saturated rings. The third-order valence-corrected chi connectivity index (χ3v) is 12.2. The summed E-state index contributed by atoms with van der Waals surface area (Å²) in [5.74, 6) is 1.32. The molecule has 1 nitrogen and oxygen atoms in total. The van der Waals surface area contributed by atoms with Crippen LogP contribution >= 0.6 is 11.8 Å². The van der Waals surface area contributed by atoms with Gasteiger partial charge < -0.3 is 4.90 Å². The molecule has 0 radical (unpaired) electrons. The second-order valence-corrected chi connectivity index (χ2v) is 14.8. The Bertz CT molecular complexity index is 2020. The molecule has 4 atom stereocenters. The zero-order valence-corrected chi connectivity index (χ0v) is 26.7. The predicted octanol–water partition coefficient (Wildman–Crippen LogP) is 11.4. The number of rotatable bonds is 4. The molecule has 45 heavy (non-hydrogen) atoms. The van der Waals surface area contributed by atoms with Crippen molar-refractivity contribution in [2.24, 2.45) is 11.8 Å². The first-order valence-electron chi connectivity index (χ1n) is 16.4. The van der Waals surface area contributed by atoms with E-state index < -0.39 is 0 Å². The smallest absolute Gasteiger partial charge is 0.0461 e. The van der Waals surface area contributed by atoms with Crippen LogP contribution in [0.3, 0.4) is 0 Å². The molecular formula is C43H37NS. The molecular weight excluding hydrogens is 563 g/mol. The Morgan fingerprint density at radius 1 is 0.756 bits per heavy atom. The maximum Gasteiger partial charge on any atom is 0.0461 e. The van der Waals surface area contributed by atoms with Crippen molar-refractivity contribution in [3.8, 4) is 0 Å². The molecule has 0 saturated heterocycles. The highest BCUT2D eigenvalue weighted by atomic mass is 32.2. The third-order valence-electron chi connectivity index (χ3n) is 10.8. The van der Waals surface area contributed by atoms with Gasteiger partial charge in [-0.2, -0.15) is 0 Å². The monoisotopic (exact) mass is 599 g/mol. The summed E-state index contributed by atoms with van der Waals surface area (Å²) in [6.45, 7) is 4.87. The summed E-state index contributed by atoms with van der Waals surface area (Å²) in [5, 5.41) is 3.28. The van der Waals surface area contributed by atoms with E-state index in [4.69, 9.17) is 0 Å². The van der Waals surface area contributed by atoms with Crippen molar-refractivity contribution < 1.29 is 0 Å². The highest BCUT2D eigenvalue weighted by Gasteiger charge is 2.46. The van der Waals surface area contributed by atoms with E-state index >= 15 is 0 Å². The molecule has 0 aromatic heterocycles. The quantitative estimate of drug-likeness (QED) is 0.230. The Morgan fingerprint density at radius 2 is 1.53 bits per heavy atom. The van der Waals surface area contributed by atoms with Gasteiger partial charge in [-0.3, -0.25) is 0 Å². The van der Waals surface area contributed by atoms with E-state index in [1.165, 1.54) is 61.4 Å². The number of thioether (sulfide) groups is 1. The molecule has 0 spiro atoms. The summed E-state index contributed by atoms with van der Waals surface area (Å²) in [6.07, 6.45) is 21.4. The Labute approximate surface area is 271 Å². The summed E-state index contributed by atoms with van der Waals surface area (Å²) in [6, 6.07) is 33.8. The van der Waals surface area contributed by atoms with E-state index in [1.54, 1.807) is 5.57 Å². The normalized spacial score (nSPS) is 25.4. The lowest BCUT2D eigenvalue weighted by molar-refractivity contribution is 0.392. The molecule has 9 rings (SSSR count). The Hall–Kier alpha value is -4.27. The number of anilines is 2. The zero-order valence-electron chi connectivity index (χ0n) is 25.9. The van der Waals surface area contributed by atoms with Crippen molar-refractivity contribution in [2.45, 2.75) is 43.3 Å². The summed E-state index contributed by atoms with van der Waals surface area (Å²) in [5.41, 5.74) is 11.0. The number of hydrogen-bond donors (Lipinski definition) is 0. The van der Waals surface area contributed by atoms with Crippen molar-refractivity contribution in [3.05, 3.63) is 172 Å². The van der Waals surface area contributed by atoms with E-state index in [0.717, 1.165) is 6.42 Å². The van der Waals surface area contributed by atoms with Crippen LogP contribution in [-0.2, 0) is 5.41 Å². The Balaban J connectivity index is 1.09. The number of nitrogens with zero attached hydrogens (tertiary/aromatic N) is 1. The molecule has 4 unspecified atom stereocenters. The molecule has 220 valence electrons. The summed E-state index contributed by atoms with van der Waals surface area (Å²) in [7, 11) is 0. The van der Waals surface area contributed by atoms with Crippen LogP contribution in [0.1, 0.15) is 49.3 Å². The van der Waals surface area contributed by atoms with Crippen molar-refractivity contribution in [1.29, 1.82) is 0 Å². The minimum atomic E-state index is 0.0334. The lowest BCUT2D eigenvalue weighted by atomic mass is 9.74. The van der Waals surface area contributed by atoms with E-state index in [1.807, 2.05) is 0 Å². The van der Waals surface area contributed by atoms with Crippen LogP contribution in [-0.4, -0.2) is 5.25 Å². The SMILES string of the molecule is CC1(C)c2ccc3ccccc3c2C2C=CC(N(c3ccccc3)c3ccc(C4=CCCC5=C4SC4C=CC=CC54)cc3)=CC21. The molecule has 0 N–H and O–H groups in total. The number of fused-ring (bicyclic) bond motifs is 7. The standard InChI is InChI=1S/C43H37NS/c1-43(2)38-26-21-28-11-6-7-14-33(28)41(38)37-25-24-32(27-39(37)43)44(30-12-4-3-5-13-30)31-22-19-29(20-23-31)34-16-10-17-36-35-15-8-9-18-40(35)45-42(34)36/h3-9,11-16,18-27,35,37,39-40H,10,17H2,1-2H3. The number of para-hydroxylation sites is 1. The fourth-order valence-electron chi connectivity index (χ4n) is 8.56. The lowest BCUT2D eigenvalue weighted by Crippen LogP contribution is -2.28. The van der Waals surface area contributed by atoms with Gasteiger partial charge in [-0.05, 0) is 93.1 Å². The molecule has 2 heteroatoms. The van der Waals surface area contributed by atoms with Crippen LogP contribution in [0.5, 0.6) is 0 Å². The van der Waals surface area contributed by atoms with Crippen molar-refractivity contribution in [2.75, 3.05) is 4.90 Å². The minimum absolute atomic E-state index is 0.0334. The fraction of sp³-hybridized carbons (Fsp3) is 0.209. The number of benzene rings is 4.